The first-order valence-corrected chi connectivity index (χ1v) is 4.62. The molecular weight excluding hydrogens is 213 g/mol. The highest BCUT2D eigenvalue weighted by atomic mass is 35.5. The Kier molecular flexibility index (Phi) is 4.06. The fourth-order valence-electron chi connectivity index (χ4n) is 1.66. The summed E-state index contributed by atoms with van der Waals surface area (Å²) in [5.41, 5.74) is 6.57. The largest absolute Gasteiger partial charge is 0.322 e. The van der Waals surface area contributed by atoms with Crippen molar-refractivity contribution < 1.29 is 4.39 Å². The van der Waals surface area contributed by atoms with E-state index in [1.54, 1.807) is 0 Å². The first kappa shape index (κ1) is 12.0. The Morgan fingerprint density at radius 1 is 1.07 bits per heavy atom. The van der Waals surface area contributed by atoms with Gasteiger partial charge in [-0.1, -0.05) is 42.5 Å². The van der Waals surface area contributed by atoms with E-state index in [1.807, 2.05) is 42.5 Å². The quantitative estimate of drug-likeness (QED) is 0.835. The molecule has 0 aliphatic carbocycles. The second-order valence-corrected chi connectivity index (χ2v) is 3.33. The van der Waals surface area contributed by atoms with Gasteiger partial charge in [-0.25, -0.2) is 4.39 Å². The van der Waals surface area contributed by atoms with Crippen LogP contribution in [0.2, 0.25) is 0 Å². The third-order valence-corrected chi connectivity index (χ3v) is 2.39. The van der Waals surface area contributed by atoms with Crippen LogP contribution < -0.4 is 5.73 Å². The molecule has 0 radical (unpaired) electrons. The topological polar surface area (TPSA) is 26.0 Å². The molecule has 0 aliphatic rings. The molecule has 0 saturated carbocycles. The van der Waals surface area contributed by atoms with Gasteiger partial charge in [-0.15, -0.1) is 12.4 Å². The molecule has 2 rings (SSSR count). The van der Waals surface area contributed by atoms with Crippen LogP contribution in [0.1, 0.15) is 11.6 Å². The molecule has 0 heterocycles. The minimum absolute atomic E-state index is 0. The Bertz CT molecular complexity index is 439. The number of benzene rings is 2. The molecule has 2 aromatic rings. The van der Waals surface area contributed by atoms with E-state index in [0.717, 1.165) is 16.3 Å². The normalized spacial score (nSPS) is 12.1. The van der Waals surface area contributed by atoms with Crippen molar-refractivity contribution in [1.29, 1.82) is 0 Å². The van der Waals surface area contributed by atoms with Crippen molar-refractivity contribution in [1.82, 2.24) is 0 Å². The monoisotopic (exact) mass is 225 g/mol. The summed E-state index contributed by atoms with van der Waals surface area (Å²) in [6.07, 6.45) is 0. The van der Waals surface area contributed by atoms with Crippen LogP contribution in [0, 0.1) is 0 Å². The van der Waals surface area contributed by atoms with Gasteiger partial charge in [-0.2, -0.15) is 0 Å². The summed E-state index contributed by atoms with van der Waals surface area (Å²) in [5.74, 6) is 0. The van der Waals surface area contributed by atoms with Gasteiger partial charge in [-0.05, 0) is 16.3 Å². The second kappa shape index (κ2) is 5.10. The third-order valence-electron chi connectivity index (χ3n) is 2.39. The molecule has 15 heavy (non-hydrogen) atoms. The van der Waals surface area contributed by atoms with Crippen LogP contribution in [0.5, 0.6) is 0 Å². The number of halogens is 2. The predicted octanol–water partition coefficient (Wildman–Crippen LogP) is 3.23. The average molecular weight is 226 g/mol. The molecule has 0 fully saturated rings. The van der Waals surface area contributed by atoms with E-state index >= 15 is 0 Å². The highest BCUT2D eigenvalue weighted by molar-refractivity contribution is 5.86. The van der Waals surface area contributed by atoms with Gasteiger partial charge in [0.25, 0.3) is 0 Å². The molecule has 2 N–H and O–H groups in total. The molecule has 0 aliphatic heterocycles. The lowest BCUT2D eigenvalue weighted by Gasteiger charge is -2.10. The van der Waals surface area contributed by atoms with Crippen molar-refractivity contribution in [3.05, 3.63) is 48.0 Å². The molecule has 2 aromatic carbocycles. The summed E-state index contributed by atoms with van der Waals surface area (Å²) in [5, 5.41) is 2.15. The van der Waals surface area contributed by atoms with Crippen molar-refractivity contribution >= 4 is 23.2 Å². The molecule has 0 aromatic heterocycles. The maximum atomic E-state index is 12.5. The van der Waals surface area contributed by atoms with Gasteiger partial charge in [0.05, 0.1) is 6.04 Å². The van der Waals surface area contributed by atoms with Crippen LogP contribution in [-0.4, -0.2) is 6.67 Å². The summed E-state index contributed by atoms with van der Waals surface area (Å²) >= 11 is 0. The molecule has 0 unspecified atom stereocenters. The van der Waals surface area contributed by atoms with Gasteiger partial charge in [-0.3, -0.25) is 0 Å². The third kappa shape index (κ3) is 2.28. The molecule has 0 saturated heterocycles. The standard InChI is InChI=1S/C12H12FN.ClH/c13-8-12(14)11-7-3-5-9-4-1-2-6-10(9)11;/h1-7,12H,8,14H2;1H/t12-;/m1./s1. The van der Waals surface area contributed by atoms with Crippen molar-refractivity contribution in [2.45, 2.75) is 6.04 Å². The maximum Gasteiger partial charge on any atom is 0.109 e. The number of alkyl halides is 1. The van der Waals surface area contributed by atoms with Crippen LogP contribution in [0.3, 0.4) is 0 Å². The van der Waals surface area contributed by atoms with Crippen LogP contribution >= 0.6 is 12.4 Å². The first-order valence-electron chi connectivity index (χ1n) is 4.62. The van der Waals surface area contributed by atoms with Crippen LogP contribution in [0.4, 0.5) is 4.39 Å². The number of rotatable bonds is 2. The lowest BCUT2D eigenvalue weighted by Crippen LogP contribution is -2.12. The smallest absolute Gasteiger partial charge is 0.109 e. The number of nitrogens with two attached hydrogens (primary N) is 1. The van der Waals surface area contributed by atoms with Gasteiger partial charge in [0.2, 0.25) is 0 Å². The number of fused-ring (bicyclic) bond motifs is 1. The Balaban J connectivity index is 0.00000112. The molecule has 80 valence electrons. The van der Waals surface area contributed by atoms with Crippen LogP contribution in [0.15, 0.2) is 42.5 Å². The molecule has 3 heteroatoms. The lowest BCUT2D eigenvalue weighted by molar-refractivity contribution is 0.438. The second-order valence-electron chi connectivity index (χ2n) is 3.33. The Labute approximate surface area is 94.5 Å². The highest BCUT2D eigenvalue weighted by Crippen LogP contribution is 2.22. The van der Waals surface area contributed by atoms with Crippen molar-refractivity contribution in [2.24, 2.45) is 5.73 Å². The summed E-state index contributed by atoms with van der Waals surface area (Å²) in [7, 11) is 0. The maximum absolute atomic E-state index is 12.5. The van der Waals surface area contributed by atoms with Gasteiger partial charge in [0.15, 0.2) is 0 Å². The SMILES string of the molecule is Cl.N[C@H](CF)c1cccc2ccccc12. The van der Waals surface area contributed by atoms with Gasteiger partial charge in [0, 0.05) is 0 Å². The average Bonchev–Trinajstić information content (AvgIpc) is 2.27. The summed E-state index contributed by atoms with van der Waals surface area (Å²) in [6, 6.07) is 13.2. The van der Waals surface area contributed by atoms with Gasteiger partial charge in [0.1, 0.15) is 6.67 Å². The molecule has 0 bridgehead atoms. The summed E-state index contributed by atoms with van der Waals surface area (Å²) in [6.45, 7) is -0.520. The fraction of sp³-hybridized carbons (Fsp3) is 0.167. The zero-order valence-electron chi connectivity index (χ0n) is 8.19. The Hall–Kier alpha value is -1.12. The van der Waals surface area contributed by atoms with Crippen molar-refractivity contribution in [3.63, 3.8) is 0 Å². The summed E-state index contributed by atoms with van der Waals surface area (Å²) < 4.78 is 12.5. The van der Waals surface area contributed by atoms with E-state index in [9.17, 15) is 4.39 Å². The van der Waals surface area contributed by atoms with Crippen LogP contribution in [-0.2, 0) is 0 Å². The molecule has 1 atom stereocenters. The highest BCUT2D eigenvalue weighted by Gasteiger charge is 2.08. The van der Waals surface area contributed by atoms with Crippen molar-refractivity contribution in [3.8, 4) is 0 Å². The van der Waals surface area contributed by atoms with E-state index in [0.29, 0.717) is 0 Å². The zero-order chi connectivity index (χ0) is 9.97. The van der Waals surface area contributed by atoms with Crippen LogP contribution in [0.25, 0.3) is 10.8 Å². The first-order chi connectivity index (χ1) is 6.83. The molecule has 0 spiro atoms. The van der Waals surface area contributed by atoms with Gasteiger partial charge < -0.3 is 5.73 Å². The Morgan fingerprint density at radius 2 is 1.73 bits per heavy atom. The molecule has 1 nitrogen and oxygen atoms in total. The van der Waals surface area contributed by atoms with E-state index in [2.05, 4.69) is 0 Å². The zero-order valence-corrected chi connectivity index (χ0v) is 9.01. The number of hydrogen-bond acceptors (Lipinski definition) is 1. The van der Waals surface area contributed by atoms with E-state index in [4.69, 9.17) is 5.73 Å². The van der Waals surface area contributed by atoms with E-state index in [1.165, 1.54) is 0 Å². The van der Waals surface area contributed by atoms with E-state index < -0.39 is 12.7 Å². The number of hydrogen-bond donors (Lipinski definition) is 1. The minimum atomic E-state index is -0.520. The predicted molar refractivity (Wildman–Crippen MR) is 64.1 cm³/mol. The lowest BCUT2D eigenvalue weighted by atomic mass is 10.00. The fourth-order valence-corrected chi connectivity index (χ4v) is 1.66. The minimum Gasteiger partial charge on any atom is -0.322 e. The summed E-state index contributed by atoms with van der Waals surface area (Å²) in [4.78, 5) is 0. The van der Waals surface area contributed by atoms with Gasteiger partial charge >= 0.3 is 0 Å². The van der Waals surface area contributed by atoms with Crippen molar-refractivity contribution in [2.75, 3.05) is 6.67 Å². The molecule has 0 amide bonds. The molecular formula is C12H13ClFN. The van der Waals surface area contributed by atoms with E-state index in [-0.39, 0.29) is 12.4 Å². The Morgan fingerprint density at radius 3 is 2.47 bits per heavy atom.